The summed E-state index contributed by atoms with van der Waals surface area (Å²) in [5.41, 5.74) is 5.09. The largest absolute Gasteiger partial charge is 0.370 e. The van der Waals surface area contributed by atoms with Gasteiger partial charge in [-0.15, -0.1) is 0 Å². The summed E-state index contributed by atoms with van der Waals surface area (Å²) < 4.78 is 0. The molecule has 0 fully saturated rings. The number of amides is 1. The molecule has 0 aliphatic carbocycles. The predicted molar refractivity (Wildman–Crippen MR) is 56.2 cm³/mol. The van der Waals surface area contributed by atoms with E-state index in [9.17, 15) is 4.79 Å². The van der Waals surface area contributed by atoms with E-state index in [-0.39, 0.29) is 5.91 Å². The summed E-state index contributed by atoms with van der Waals surface area (Å²) >= 11 is 0. The Morgan fingerprint density at radius 1 is 1.15 bits per heavy atom. The van der Waals surface area contributed by atoms with E-state index in [2.05, 4.69) is 27.7 Å². The van der Waals surface area contributed by atoms with Gasteiger partial charge in [-0.2, -0.15) is 0 Å². The van der Waals surface area contributed by atoms with E-state index in [4.69, 9.17) is 5.73 Å². The third kappa shape index (κ3) is 5.67. The quantitative estimate of drug-likeness (QED) is 0.679. The van der Waals surface area contributed by atoms with Crippen LogP contribution in [-0.2, 0) is 4.79 Å². The number of primary amides is 1. The van der Waals surface area contributed by atoms with Gasteiger partial charge in [-0.05, 0) is 30.6 Å². The smallest absolute Gasteiger partial charge is 0.217 e. The third-order valence-electron chi connectivity index (χ3n) is 2.67. The first kappa shape index (κ1) is 12.5. The summed E-state index contributed by atoms with van der Waals surface area (Å²) in [6, 6.07) is 0. The summed E-state index contributed by atoms with van der Waals surface area (Å²) in [4.78, 5) is 10.5. The zero-order chi connectivity index (χ0) is 10.4. The lowest BCUT2D eigenvalue weighted by Gasteiger charge is -2.24. The number of rotatable bonds is 6. The van der Waals surface area contributed by atoms with E-state index < -0.39 is 0 Å². The summed E-state index contributed by atoms with van der Waals surface area (Å²) in [5.74, 6) is 1.95. The second-order valence-electron chi connectivity index (χ2n) is 4.51. The van der Waals surface area contributed by atoms with Gasteiger partial charge in [0.2, 0.25) is 5.91 Å². The minimum Gasteiger partial charge on any atom is -0.370 e. The van der Waals surface area contributed by atoms with Crippen LogP contribution < -0.4 is 5.73 Å². The molecular weight excluding hydrogens is 162 g/mol. The monoisotopic (exact) mass is 185 g/mol. The van der Waals surface area contributed by atoms with Crippen molar-refractivity contribution in [3.8, 4) is 0 Å². The van der Waals surface area contributed by atoms with Crippen molar-refractivity contribution in [1.29, 1.82) is 0 Å². The SMILES string of the molecule is CC(C)C(CCCC(N)=O)C(C)C. The highest BCUT2D eigenvalue weighted by Gasteiger charge is 2.16. The number of hydrogen-bond acceptors (Lipinski definition) is 1. The van der Waals surface area contributed by atoms with Crippen LogP contribution in [0.5, 0.6) is 0 Å². The van der Waals surface area contributed by atoms with Crippen LogP contribution >= 0.6 is 0 Å². The molecule has 0 bridgehead atoms. The molecule has 0 spiro atoms. The highest BCUT2D eigenvalue weighted by molar-refractivity contribution is 5.73. The van der Waals surface area contributed by atoms with Gasteiger partial charge in [0.15, 0.2) is 0 Å². The molecule has 1 amide bonds. The van der Waals surface area contributed by atoms with Crippen molar-refractivity contribution in [2.75, 3.05) is 0 Å². The predicted octanol–water partition coefficient (Wildman–Crippen LogP) is 2.57. The first-order valence-electron chi connectivity index (χ1n) is 5.23. The van der Waals surface area contributed by atoms with Crippen molar-refractivity contribution in [3.05, 3.63) is 0 Å². The molecule has 0 aromatic heterocycles. The topological polar surface area (TPSA) is 43.1 Å². The molecule has 13 heavy (non-hydrogen) atoms. The number of hydrogen-bond donors (Lipinski definition) is 1. The Kier molecular flexibility index (Phi) is 5.76. The average molecular weight is 185 g/mol. The van der Waals surface area contributed by atoms with Crippen LogP contribution in [0.3, 0.4) is 0 Å². The molecule has 0 aliphatic heterocycles. The van der Waals surface area contributed by atoms with Crippen LogP contribution in [0.25, 0.3) is 0 Å². The molecular formula is C11H23NO. The standard InChI is InChI=1S/C11H23NO/c1-8(2)10(9(3)4)6-5-7-11(12)13/h8-10H,5-7H2,1-4H3,(H2,12,13). The molecule has 2 N–H and O–H groups in total. The van der Waals surface area contributed by atoms with Crippen LogP contribution in [0, 0.1) is 17.8 Å². The van der Waals surface area contributed by atoms with Crippen molar-refractivity contribution in [3.63, 3.8) is 0 Å². The highest BCUT2D eigenvalue weighted by atomic mass is 16.1. The van der Waals surface area contributed by atoms with Crippen LogP contribution in [0.4, 0.5) is 0 Å². The van der Waals surface area contributed by atoms with Gasteiger partial charge in [0.05, 0.1) is 0 Å². The average Bonchev–Trinajstić information content (AvgIpc) is 1.95. The molecule has 0 unspecified atom stereocenters. The lowest BCUT2D eigenvalue weighted by Crippen LogP contribution is -2.17. The van der Waals surface area contributed by atoms with E-state index in [0.717, 1.165) is 18.8 Å². The number of carbonyl (C=O) groups is 1. The van der Waals surface area contributed by atoms with Crippen molar-refractivity contribution >= 4 is 5.91 Å². The Bertz CT molecular complexity index is 144. The molecule has 0 atom stereocenters. The summed E-state index contributed by atoms with van der Waals surface area (Å²) in [7, 11) is 0. The Morgan fingerprint density at radius 3 is 1.92 bits per heavy atom. The molecule has 2 heteroatoms. The van der Waals surface area contributed by atoms with Gasteiger partial charge < -0.3 is 5.73 Å². The normalized spacial score (nSPS) is 11.6. The van der Waals surface area contributed by atoms with Gasteiger partial charge >= 0.3 is 0 Å². The molecule has 0 aromatic rings. The number of nitrogens with two attached hydrogens (primary N) is 1. The van der Waals surface area contributed by atoms with Crippen molar-refractivity contribution in [2.24, 2.45) is 23.5 Å². The molecule has 0 radical (unpaired) electrons. The van der Waals surface area contributed by atoms with Crippen molar-refractivity contribution < 1.29 is 4.79 Å². The second kappa shape index (κ2) is 6.01. The van der Waals surface area contributed by atoms with E-state index in [1.54, 1.807) is 0 Å². The summed E-state index contributed by atoms with van der Waals surface area (Å²) in [6.45, 7) is 8.98. The fourth-order valence-corrected chi connectivity index (χ4v) is 1.95. The first-order valence-corrected chi connectivity index (χ1v) is 5.23. The van der Waals surface area contributed by atoms with Crippen molar-refractivity contribution in [2.45, 2.75) is 47.0 Å². The third-order valence-corrected chi connectivity index (χ3v) is 2.67. The van der Waals surface area contributed by atoms with E-state index in [0.29, 0.717) is 18.3 Å². The summed E-state index contributed by atoms with van der Waals surface area (Å²) in [5, 5.41) is 0. The molecule has 0 aliphatic rings. The zero-order valence-electron chi connectivity index (χ0n) is 9.34. The van der Waals surface area contributed by atoms with Crippen molar-refractivity contribution in [1.82, 2.24) is 0 Å². The highest BCUT2D eigenvalue weighted by Crippen LogP contribution is 2.25. The maximum atomic E-state index is 10.5. The minimum absolute atomic E-state index is 0.175. The van der Waals surface area contributed by atoms with Crippen LogP contribution in [0.2, 0.25) is 0 Å². The van der Waals surface area contributed by atoms with Crippen LogP contribution in [-0.4, -0.2) is 5.91 Å². The second-order valence-corrected chi connectivity index (χ2v) is 4.51. The fourth-order valence-electron chi connectivity index (χ4n) is 1.95. The molecule has 2 nitrogen and oxygen atoms in total. The van der Waals surface area contributed by atoms with Crippen LogP contribution in [0.15, 0.2) is 0 Å². The van der Waals surface area contributed by atoms with Gasteiger partial charge in [-0.3, -0.25) is 4.79 Å². The van der Waals surface area contributed by atoms with Crippen LogP contribution in [0.1, 0.15) is 47.0 Å². The molecule has 0 rings (SSSR count). The fraction of sp³-hybridized carbons (Fsp3) is 0.909. The molecule has 0 aromatic carbocycles. The van der Waals surface area contributed by atoms with Gasteiger partial charge in [-0.25, -0.2) is 0 Å². The maximum absolute atomic E-state index is 10.5. The summed E-state index contributed by atoms with van der Waals surface area (Å²) in [6.07, 6.45) is 2.60. The lowest BCUT2D eigenvalue weighted by molar-refractivity contribution is -0.118. The molecule has 78 valence electrons. The first-order chi connectivity index (χ1) is 5.95. The Morgan fingerprint density at radius 2 is 1.62 bits per heavy atom. The Labute approximate surface area is 81.9 Å². The minimum atomic E-state index is -0.175. The van der Waals surface area contributed by atoms with Gasteiger partial charge in [-0.1, -0.05) is 27.7 Å². The molecule has 0 heterocycles. The van der Waals surface area contributed by atoms with E-state index in [1.807, 2.05) is 0 Å². The molecule has 0 saturated heterocycles. The van der Waals surface area contributed by atoms with E-state index >= 15 is 0 Å². The lowest BCUT2D eigenvalue weighted by atomic mass is 9.82. The van der Waals surface area contributed by atoms with Gasteiger partial charge in [0.25, 0.3) is 0 Å². The number of carbonyl (C=O) groups excluding carboxylic acids is 1. The van der Waals surface area contributed by atoms with Gasteiger partial charge in [0, 0.05) is 6.42 Å². The molecule has 0 saturated carbocycles. The Balaban J connectivity index is 3.77. The Hall–Kier alpha value is -0.530. The zero-order valence-corrected chi connectivity index (χ0v) is 9.34. The van der Waals surface area contributed by atoms with E-state index in [1.165, 1.54) is 0 Å². The maximum Gasteiger partial charge on any atom is 0.217 e. The van der Waals surface area contributed by atoms with Gasteiger partial charge in [0.1, 0.15) is 0 Å².